The average Bonchev–Trinajstić information content (AvgIpc) is 2.68. The molecule has 0 aromatic rings. The first-order valence-corrected chi connectivity index (χ1v) is 10.1. The van der Waals surface area contributed by atoms with Crippen molar-refractivity contribution in [3.8, 4) is 0 Å². The van der Waals surface area contributed by atoms with Crippen molar-refractivity contribution in [2.24, 2.45) is 4.99 Å². The fourth-order valence-electron chi connectivity index (χ4n) is 4.14. The topological polar surface area (TPSA) is 58.1 Å². The number of rotatable bonds is 9. The van der Waals surface area contributed by atoms with Crippen LogP contribution in [-0.4, -0.2) is 76.6 Å². The molecule has 6 nitrogen and oxygen atoms in total. The predicted molar refractivity (Wildman–Crippen MR) is 103 cm³/mol. The number of likely N-dealkylation sites (tertiary alicyclic amines) is 1. The molecule has 0 radical (unpaired) electrons. The Kier molecular flexibility index (Phi) is 9.58. The second-order valence-corrected chi connectivity index (χ2v) is 7.29. The minimum absolute atomic E-state index is 0.325. The van der Waals surface area contributed by atoms with Crippen molar-refractivity contribution in [3.63, 3.8) is 0 Å². The van der Waals surface area contributed by atoms with Crippen molar-refractivity contribution in [3.05, 3.63) is 0 Å². The highest BCUT2D eigenvalue weighted by Crippen LogP contribution is 2.35. The van der Waals surface area contributed by atoms with Crippen molar-refractivity contribution < 1.29 is 9.47 Å². The third-order valence-electron chi connectivity index (χ3n) is 5.59. The summed E-state index contributed by atoms with van der Waals surface area (Å²) in [6.07, 6.45) is 10.8. The van der Waals surface area contributed by atoms with Crippen LogP contribution >= 0.6 is 0 Å². The maximum Gasteiger partial charge on any atom is 0.191 e. The zero-order valence-electron chi connectivity index (χ0n) is 16.3. The van der Waals surface area contributed by atoms with Crippen LogP contribution in [-0.2, 0) is 9.47 Å². The molecule has 146 valence electrons. The van der Waals surface area contributed by atoms with Gasteiger partial charge in [0, 0.05) is 32.8 Å². The Bertz CT molecular complexity index is 378. The first-order valence-electron chi connectivity index (χ1n) is 10.1. The number of nitrogens with one attached hydrogen (secondary N) is 2. The van der Waals surface area contributed by atoms with E-state index >= 15 is 0 Å². The van der Waals surface area contributed by atoms with Crippen molar-refractivity contribution in [1.29, 1.82) is 0 Å². The highest BCUT2D eigenvalue weighted by atomic mass is 16.5. The molecule has 2 N–H and O–H groups in total. The highest BCUT2D eigenvalue weighted by Gasteiger charge is 2.38. The molecule has 0 spiro atoms. The largest absolute Gasteiger partial charge is 0.382 e. The molecule has 0 atom stereocenters. The van der Waals surface area contributed by atoms with Gasteiger partial charge in [-0.05, 0) is 38.8 Å². The zero-order valence-corrected chi connectivity index (χ0v) is 16.3. The van der Waals surface area contributed by atoms with Gasteiger partial charge in [0.25, 0.3) is 0 Å². The van der Waals surface area contributed by atoms with Gasteiger partial charge in [0.2, 0.25) is 0 Å². The van der Waals surface area contributed by atoms with Crippen LogP contribution < -0.4 is 10.6 Å². The second-order valence-electron chi connectivity index (χ2n) is 7.29. The fraction of sp³-hybridized carbons (Fsp3) is 0.947. The number of hydrogen-bond acceptors (Lipinski definition) is 4. The van der Waals surface area contributed by atoms with E-state index in [-0.39, 0.29) is 0 Å². The van der Waals surface area contributed by atoms with E-state index in [0.717, 1.165) is 19.0 Å². The lowest BCUT2D eigenvalue weighted by molar-refractivity contribution is 0.0367. The minimum atomic E-state index is 0.325. The number of aliphatic imine (C=N–C) groups is 1. The molecule has 2 fully saturated rings. The van der Waals surface area contributed by atoms with Gasteiger partial charge < -0.3 is 20.1 Å². The van der Waals surface area contributed by atoms with Crippen LogP contribution in [0.1, 0.15) is 51.4 Å². The molecule has 0 amide bonds. The smallest absolute Gasteiger partial charge is 0.191 e. The summed E-state index contributed by atoms with van der Waals surface area (Å²) in [7, 11) is 3.53. The van der Waals surface area contributed by atoms with Crippen LogP contribution in [0, 0.1) is 0 Å². The molecule has 2 rings (SSSR count). The summed E-state index contributed by atoms with van der Waals surface area (Å²) < 4.78 is 10.5. The van der Waals surface area contributed by atoms with E-state index < -0.39 is 0 Å². The Balaban J connectivity index is 1.77. The van der Waals surface area contributed by atoms with Gasteiger partial charge in [-0.25, -0.2) is 0 Å². The van der Waals surface area contributed by atoms with Gasteiger partial charge in [-0.3, -0.25) is 9.89 Å². The monoisotopic (exact) mass is 354 g/mol. The predicted octanol–water partition coefficient (Wildman–Crippen LogP) is 2.00. The minimum Gasteiger partial charge on any atom is -0.382 e. The van der Waals surface area contributed by atoms with E-state index in [4.69, 9.17) is 9.47 Å². The van der Waals surface area contributed by atoms with Crippen LogP contribution in [0.4, 0.5) is 0 Å². The molecule has 0 aromatic carbocycles. The number of methoxy groups -OCH3 is 1. The van der Waals surface area contributed by atoms with Crippen molar-refractivity contribution >= 4 is 5.96 Å². The summed E-state index contributed by atoms with van der Waals surface area (Å²) in [4.78, 5) is 7.15. The molecule has 1 heterocycles. The Morgan fingerprint density at radius 1 is 0.960 bits per heavy atom. The molecule has 0 aromatic heterocycles. The quantitative estimate of drug-likeness (QED) is 0.377. The van der Waals surface area contributed by atoms with Gasteiger partial charge in [0.1, 0.15) is 0 Å². The van der Waals surface area contributed by atoms with E-state index in [1.54, 1.807) is 7.11 Å². The van der Waals surface area contributed by atoms with Crippen molar-refractivity contribution in [2.45, 2.75) is 56.9 Å². The van der Waals surface area contributed by atoms with Gasteiger partial charge in [-0.15, -0.1) is 0 Å². The molecule has 25 heavy (non-hydrogen) atoms. The molecule has 2 aliphatic rings. The normalized spacial score (nSPS) is 21.9. The average molecular weight is 355 g/mol. The summed E-state index contributed by atoms with van der Waals surface area (Å²) in [6.45, 7) is 6.24. The van der Waals surface area contributed by atoms with E-state index in [2.05, 4.69) is 20.5 Å². The molecular formula is C19H38N4O2. The number of guanidine groups is 1. The molecular weight excluding hydrogens is 316 g/mol. The number of ether oxygens (including phenoxy) is 2. The lowest BCUT2D eigenvalue weighted by Gasteiger charge is -2.48. The number of nitrogens with zero attached hydrogens (tertiary/aromatic N) is 2. The van der Waals surface area contributed by atoms with E-state index in [1.165, 1.54) is 64.5 Å². The number of piperidine rings is 1. The van der Waals surface area contributed by atoms with Gasteiger partial charge >= 0.3 is 0 Å². The molecule has 0 unspecified atom stereocenters. The Labute approximate surface area is 153 Å². The summed E-state index contributed by atoms with van der Waals surface area (Å²) in [5.74, 6) is 0.886. The second kappa shape index (κ2) is 11.7. The molecule has 1 aliphatic heterocycles. The lowest BCUT2D eigenvalue weighted by Crippen LogP contribution is -2.59. The standard InChI is InChI=1S/C19H38N4O2/c1-20-18(21-11-14-25-16-15-24-2)22-17-19(9-5-3-6-10-19)23-12-7-4-8-13-23/h3-17H2,1-2H3,(H2,20,21,22). The Hall–Kier alpha value is -0.850. The van der Waals surface area contributed by atoms with Crippen LogP contribution in [0.25, 0.3) is 0 Å². The van der Waals surface area contributed by atoms with Gasteiger partial charge in [-0.1, -0.05) is 25.7 Å². The summed E-state index contributed by atoms with van der Waals surface area (Å²) >= 11 is 0. The first kappa shape index (κ1) is 20.5. The zero-order chi connectivity index (χ0) is 17.8. The van der Waals surface area contributed by atoms with Crippen LogP contribution in [0.2, 0.25) is 0 Å². The van der Waals surface area contributed by atoms with Crippen molar-refractivity contribution in [2.75, 3.05) is 60.2 Å². The molecule has 1 saturated heterocycles. The van der Waals surface area contributed by atoms with Crippen LogP contribution in [0.15, 0.2) is 4.99 Å². The highest BCUT2D eigenvalue weighted by molar-refractivity contribution is 5.79. The molecule has 0 bridgehead atoms. The van der Waals surface area contributed by atoms with Gasteiger partial charge in [0.15, 0.2) is 5.96 Å². The fourth-order valence-corrected chi connectivity index (χ4v) is 4.14. The van der Waals surface area contributed by atoms with Crippen molar-refractivity contribution in [1.82, 2.24) is 15.5 Å². The van der Waals surface area contributed by atoms with Crippen LogP contribution in [0.5, 0.6) is 0 Å². The van der Waals surface area contributed by atoms with Gasteiger partial charge in [-0.2, -0.15) is 0 Å². The maximum absolute atomic E-state index is 5.50. The summed E-state index contributed by atoms with van der Waals surface area (Å²) in [5, 5.41) is 6.96. The summed E-state index contributed by atoms with van der Waals surface area (Å²) in [5.41, 5.74) is 0.325. The SMILES string of the molecule is CN=C(NCCOCCOC)NCC1(N2CCCCC2)CCCCC1. The van der Waals surface area contributed by atoms with E-state index in [9.17, 15) is 0 Å². The molecule has 1 saturated carbocycles. The lowest BCUT2D eigenvalue weighted by atomic mass is 9.79. The molecule has 1 aliphatic carbocycles. The third-order valence-corrected chi connectivity index (χ3v) is 5.59. The summed E-state index contributed by atoms with van der Waals surface area (Å²) in [6, 6.07) is 0. The first-order chi connectivity index (χ1) is 12.3. The Morgan fingerprint density at radius 2 is 1.68 bits per heavy atom. The van der Waals surface area contributed by atoms with E-state index in [1.807, 2.05) is 7.05 Å². The van der Waals surface area contributed by atoms with E-state index in [0.29, 0.717) is 25.4 Å². The van der Waals surface area contributed by atoms with Gasteiger partial charge in [0.05, 0.1) is 19.8 Å². The van der Waals surface area contributed by atoms with Crippen LogP contribution in [0.3, 0.4) is 0 Å². The third kappa shape index (κ3) is 6.76. The number of hydrogen-bond donors (Lipinski definition) is 2. The maximum atomic E-state index is 5.50. The molecule has 6 heteroatoms. The Morgan fingerprint density at radius 3 is 2.36 bits per heavy atom.